The number of aromatic carboxylic acids is 1. The van der Waals surface area contributed by atoms with E-state index in [1.807, 2.05) is 12.1 Å². The summed E-state index contributed by atoms with van der Waals surface area (Å²) in [7, 11) is 0. The Morgan fingerprint density at radius 1 is 0.864 bits per heavy atom. The van der Waals surface area contributed by atoms with Gasteiger partial charge in [0, 0.05) is 12.8 Å². The Morgan fingerprint density at radius 3 is 1.86 bits per heavy atom. The molecule has 1 aliphatic rings. The number of carboxylic acid groups (broad SMARTS) is 1. The van der Waals surface area contributed by atoms with Crippen LogP contribution in [0.2, 0.25) is 0 Å². The minimum absolute atomic E-state index is 0.298. The fourth-order valence-electron chi connectivity index (χ4n) is 3.03. The zero-order valence-electron chi connectivity index (χ0n) is 12.3. The summed E-state index contributed by atoms with van der Waals surface area (Å²) >= 11 is 0. The van der Waals surface area contributed by atoms with Gasteiger partial charge >= 0.3 is 5.97 Å². The van der Waals surface area contributed by atoms with Crippen LogP contribution in [-0.2, 0) is 4.79 Å². The van der Waals surface area contributed by atoms with Gasteiger partial charge in [-0.15, -0.1) is 0 Å². The summed E-state index contributed by atoms with van der Waals surface area (Å²) in [5.74, 6) is -0.0405. The van der Waals surface area contributed by atoms with Crippen LogP contribution in [0.3, 0.4) is 0 Å². The minimum Gasteiger partial charge on any atom is -0.478 e. The first-order valence-electron chi connectivity index (χ1n) is 7.59. The zero-order chi connectivity index (χ0) is 15.5. The molecule has 0 bridgehead atoms. The van der Waals surface area contributed by atoms with Crippen LogP contribution in [0.15, 0.2) is 48.5 Å². The van der Waals surface area contributed by atoms with Crippen molar-refractivity contribution in [3.05, 3.63) is 59.7 Å². The topological polar surface area (TPSA) is 54.4 Å². The van der Waals surface area contributed by atoms with E-state index >= 15 is 0 Å². The second-order valence-corrected chi connectivity index (χ2v) is 5.82. The maximum Gasteiger partial charge on any atom is 0.335 e. The summed E-state index contributed by atoms with van der Waals surface area (Å²) in [6.45, 7) is 0. The van der Waals surface area contributed by atoms with Crippen molar-refractivity contribution in [2.24, 2.45) is 0 Å². The van der Waals surface area contributed by atoms with Gasteiger partial charge in [-0.2, -0.15) is 0 Å². The largest absolute Gasteiger partial charge is 0.478 e. The Bertz CT molecular complexity index is 674. The average molecular weight is 294 g/mol. The lowest BCUT2D eigenvalue weighted by Crippen LogP contribution is -2.12. The van der Waals surface area contributed by atoms with Crippen LogP contribution in [0.5, 0.6) is 0 Å². The van der Waals surface area contributed by atoms with Gasteiger partial charge in [0.25, 0.3) is 0 Å². The third-order valence-corrected chi connectivity index (χ3v) is 4.39. The predicted octanol–water partition coefficient (Wildman–Crippen LogP) is 4.28. The van der Waals surface area contributed by atoms with Gasteiger partial charge in [0.1, 0.15) is 5.78 Å². The number of benzene rings is 2. The first kappa shape index (κ1) is 14.5. The molecule has 1 fully saturated rings. The summed E-state index contributed by atoms with van der Waals surface area (Å²) < 4.78 is 0. The number of hydrogen-bond acceptors (Lipinski definition) is 2. The van der Waals surface area contributed by atoms with E-state index in [2.05, 4.69) is 24.3 Å². The van der Waals surface area contributed by atoms with Crippen LogP contribution in [-0.4, -0.2) is 16.9 Å². The maximum absolute atomic E-state index is 11.3. The van der Waals surface area contributed by atoms with E-state index in [-0.39, 0.29) is 0 Å². The van der Waals surface area contributed by atoms with E-state index in [1.165, 1.54) is 5.56 Å². The molecule has 0 heterocycles. The van der Waals surface area contributed by atoms with Crippen LogP contribution >= 0.6 is 0 Å². The van der Waals surface area contributed by atoms with Crippen molar-refractivity contribution in [3.63, 3.8) is 0 Å². The molecule has 22 heavy (non-hydrogen) atoms. The summed E-state index contributed by atoms with van der Waals surface area (Å²) in [5.41, 5.74) is 3.67. The fraction of sp³-hybridized carbons (Fsp3) is 0.263. The first-order valence-corrected chi connectivity index (χ1v) is 7.59. The van der Waals surface area contributed by atoms with Crippen LogP contribution in [0.1, 0.15) is 47.5 Å². The molecule has 3 rings (SSSR count). The molecular weight excluding hydrogens is 276 g/mol. The van der Waals surface area contributed by atoms with E-state index < -0.39 is 5.97 Å². The minimum atomic E-state index is -0.909. The molecule has 3 nitrogen and oxygen atoms in total. The number of rotatable bonds is 3. The van der Waals surface area contributed by atoms with E-state index in [4.69, 9.17) is 5.11 Å². The average Bonchev–Trinajstić information content (AvgIpc) is 2.56. The van der Waals surface area contributed by atoms with Crippen molar-refractivity contribution >= 4 is 11.8 Å². The molecule has 2 aromatic carbocycles. The van der Waals surface area contributed by atoms with Gasteiger partial charge in [-0.1, -0.05) is 36.4 Å². The summed E-state index contributed by atoms with van der Waals surface area (Å²) in [5, 5.41) is 8.92. The smallest absolute Gasteiger partial charge is 0.335 e. The highest BCUT2D eigenvalue weighted by Gasteiger charge is 2.19. The number of carbonyl (C=O) groups is 2. The summed E-state index contributed by atoms with van der Waals surface area (Å²) in [4.78, 5) is 22.2. The second kappa shape index (κ2) is 6.14. The fourth-order valence-corrected chi connectivity index (χ4v) is 3.03. The van der Waals surface area contributed by atoms with E-state index in [1.54, 1.807) is 12.1 Å². The van der Waals surface area contributed by atoms with E-state index in [9.17, 15) is 9.59 Å². The lowest BCUT2D eigenvalue weighted by atomic mass is 9.83. The molecule has 0 spiro atoms. The van der Waals surface area contributed by atoms with Crippen LogP contribution in [0.4, 0.5) is 0 Å². The monoisotopic (exact) mass is 294 g/mol. The molecule has 1 N–H and O–H groups in total. The van der Waals surface area contributed by atoms with Gasteiger partial charge in [-0.3, -0.25) is 4.79 Å². The number of hydrogen-bond donors (Lipinski definition) is 1. The molecule has 0 aliphatic heterocycles. The van der Waals surface area contributed by atoms with Crippen molar-refractivity contribution in [2.45, 2.75) is 31.6 Å². The van der Waals surface area contributed by atoms with Gasteiger partial charge in [0.15, 0.2) is 0 Å². The third-order valence-electron chi connectivity index (χ3n) is 4.39. The van der Waals surface area contributed by atoms with Crippen molar-refractivity contribution < 1.29 is 14.7 Å². The molecule has 0 atom stereocenters. The number of ketones is 1. The van der Waals surface area contributed by atoms with Crippen molar-refractivity contribution in [1.82, 2.24) is 0 Å². The maximum atomic E-state index is 11.3. The Hall–Kier alpha value is -2.42. The molecule has 0 unspecified atom stereocenters. The number of Topliss-reactive ketones (excluding diaryl/α,β-unsaturated/α-hetero) is 1. The quantitative estimate of drug-likeness (QED) is 0.919. The molecule has 3 heteroatoms. The van der Waals surface area contributed by atoms with Gasteiger partial charge in [-0.25, -0.2) is 4.79 Å². The summed E-state index contributed by atoms with van der Waals surface area (Å²) in [6.07, 6.45) is 3.29. The van der Waals surface area contributed by atoms with Crippen molar-refractivity contribution in [1.29, 1.82) is 0 Å². The van der Waals surface area contributed by atoms with E-state index in [0.717, 1.165) is 24.0 Å². The van der Waals surface area contributed by atoms with Crippen LogP contribution < -0.4 is 0 Å². The highest BCUT2D eigenvalue weighted by atomic mass is 16.4. The SMILES string of the molecule is O=C1CCC(c2ccc(-c3ccc(C(=O)O)cc3)cc2)CC1. The zero-order valence-corrected chi connectivity index (χ0v) is 12.3. The normalized spacial score (nSPS) is 15.7. The molecule has 1 aliphatic carbocycles. The summed E-state index contributed by atoms with van der Waals surface area (Å²) in [6, 6.07) is 15.3. The number of carboxylic acids is 1. The standard InChI is InChI=1S/C19H18O3/c20-18-11-9-16(10-12-18)14-3-1-13(2-4-14)15-5-7-17(8-6-15)19(21)22/h1-8,16H,9-12H2,(H,21,22). The third kappa shape index (κ3) is 3.08. The van der Waals surface area contributed by atoms with Crippen molar-refractivity contribution in [2.75, 3.05) is 0 Å². The van der Waals surface area contributed by atoms with Crippen LogP contribution in [0, 0.1) is 0 Å². The Morgan fingerprint density at radius 2 is 1.36 bits per heavy atom. The van der Waals surface area contributed by atoms with Gasteiger partial charge in [-0.05, 0) is 47.6 Å². The van der Waals surface area contributed by atoms with Gasteiger partial charge in [0.05, 0.1) is 5.56 Å². The Kier molecular flexibility index (Phi) is 4.05. The highest BCUT2D eigenvalue weighted by Crippen LogP contribution is 2.32. The first-order chi connectivity index (χ1) is 10.6. The Balaban J connectivity index is 1.76. The van der Waals surface area contributed by atoms with E-state index in [0.29, 0.717) is 30.1 Å². The lowest BCUT2D eigenvalue weighted by Gasteiger charge is -2.21. The van der Waals surface area contributed by atoms with Gasteiger partial charge in [0.2, 0.25) is 0 Å². The lowest BCUT2D eigenvalue weighted by molar-refractivity contribution is -0.120. The molecule has 112 valence electrons. The molecule has 2 aromatic rings. The molecule has 0 radical (unpaired) electrons. The molecule has 1 saturated carbocycles. The predicted molar refractivity (Wildman–Crippen MR) is 85.1 cm³/mol. The number of carbonyl (C=O) groups excluding carboxylic acids is 1. The Labute approximate surface area is 129 Å². The van der Waals surface area contributed by atoms with Gasteiger partial charge < -0.3 is 5.11 Å². The van der Waals surface area contributed by atoms with Crippen molar-refractivity contribution in [3.8, 4) is 11.1 Å². The van der Waals surface area contributed by atoms with Crippen LogP contribution in [0.25, 0.3) is 11.1 Å². The second-order valence-electron chi connectivity index (χ2n) is 5.82. The molecule has 0 aromatic heterocycles. The molecular formula is C19H18O3. The molecule has 0 saturated heterocycles. The molecule has 0 amide bonds. The highest BCUT2D eigenvalue weighted by molar-refractivity contribution is 5.88.